The van der Waals surface area contributed by atoms with Crippen molar-refractivity contribution in [3.8, 4) is 0 Å². The van der Waals surface area contributed by atoms with E-state index in [-0.39, 0.29) is 0 Å². The fraction of sp³-hybridized carbons (Fsp3) is 0.400. The van der Waals surface area contributed by atoms with E-state index in [2.05, 4.69) is 43.9 Å². The van der Waals surface area contributed by atoms with Gasteiger partial charge in [-0.15, -0.1) is 0 Å². The maximum atomic E-state index is 5.58. The second kappa shape index (κ2) is 3.41. The van der Waals surface area contributed by atoms with E-state index in [1.807, 2.05) is 0 Å². The first-order chi connectivity index (χ1) is 5.54. The molecule has 0 atom stereocenters. The van der Waals surface area contributed by atoms with Crippen molar-refractivity contribution in [2.45, 2.75) is 26.2 Å². The Kier molecular flexibility index (Phi) is 2.70. The molecule has 1 aromatic carbocycles. The molecular formula is C10H17NSi. The molecule has 2 N–H and O–H groups in total. The predicted molar refractivity (Wildman–Crippen MR) is 57.3 cm³/mol. The van der Waals surface area contributed by atoms with Crippen LogP contribution in [-0.4, -0.2) is 8.07 Å². The highest BCUT2D eigenvalue weighted by Crippen LogP contribution is 2.04. The standard InChI is InChI=1S/C10H17NSi/c1-12(2,3)10-6-4-5-9(7-10)8-11/h4-7H,8,11H2,1-3H3. The molecule has 0 saturated heterocycles. The van der Waals surface area contributed by atoms with E-state index in [0.717, 1.165) is 0 Å². The first kappa shape index (κ1) is 9.48. The fourth-order valence-electron chi connectivity index (χ4n) is 1.16. The van der Waals surface area contributed by atoms with Crippen LogP contribution >= 0.6 is 0 Å². The van der Waals surface area contributed by atoms with Gasteiger partial charge in [-0.05, 0) is 5.56 Å². The maximum Gasteiger partial charge on any atom is 0.0776 e. The molecule has 0 radical (unpaired) electrons. The van der Waals surface area contributed by atoms with Crippen molar-refractivity contribution in [3.63, 3.8) is 0 Å². The SMILES string of the molecule is C[Si](C)(C)c1cccc(CN)c1. The van der Waals surface area contributed by atoms with Gasteiger partial charge in [0.2, 0.25) is 0 Å². The summed E-state index contributed by atoms with van der Waals surface area (Å²) in [5, 5.41) is 1.49. The zero-order chi connectivity index (χ0) is 9.19. The summed E-state index contributed by atoms with van der Waals surface area (Å²) in [4.78, 5) is 0. The lowest BCUT2D eigenvalue weighted by atomic mass is 10.2. The predicted octanol–water partition coefficient (Wildman–Crippen LogP) is 1.69. The summed E-state index contributed by atoms with van der Waals surface area (Å²) in [6, 6.07) is 8.65. The first-order valence-corrected chi connectivity index (χ1v) is 7.83. The van der Waals surface area contributed by atoms with Crippen LogP contribution in [-0.2, 0) is 6.54 Å². The summed E-state index contributed by atoms with van der Waals surface area (Å²) in [6.45, 7) is 7.70. The quantitative estimate of drug-likeness (QED) is 0.687. The molecule has 0 saturated carbocycles. The molecule has 0 heterocycles. The summed E-state index contributed by atoms with van der Waals surface area (Å²) in [5.41, 5.74) is 6.82. The van der Waals surface area contributed by atoms with E-state index >= 15 is 0 Å². The van der Waals surface area contributed by atoms with Gasteiger partial charge in [0.15, 0.2) is 0 Å². The van der Waals surface area contributed by atoms with E-state index in [1.165, 1.54) is 10.8 Å². The molecule has 2 heteroatoms. The van der Waals surface area contributed by atoms with E-state index in [1.54, 1.807) is 0 Å². The second-order valence-electron chi connectivity index (χ2n) is 4.15. The van der Waals surface area contributed by atoms with Gasteiger partial charge in [-0.3, -0.25) is 0 Å². The van der Waals surface area contributed by atoms with Crippen molar-refractivity contribution in [2.24, 2.45) is 5.73 Å². The van der Waals surface area contributed by atoms with Crippen molar-refractivity contribution in [1.29, 1.82) is 0 Å². The zero-order valence-electron chi connectivity index (χ0n) is 8.09. The molecule has 0 aliphatic carbocycles. The van der Waals surface area contributed by atoms with Gasteiger partial charge < -0.3 is 5.73 Å². The Bertz CT molecular complexity index is 263. The molecule has 66 valence electrons. The van der Waals surface area contributed by atoms with Gasteiger partial charge in [0.25, 0.3) is 0 Å². The number of hydrogen-bond donors (Lipinski definition) is 1. The van der Waals surface area contributed by atoms with Crippen LogP contribution in [0, 0.1) is 0 Å². The fourth-order valence-corrected chi connectivity index (χ4v) is 2.38. The van der Waals surface area contributed by atoms with Crippen LogP contribution in [0.3, 0.4) is 0 Å². The lowest BCUT2D eigenvalue weighted by Gasteiger charge is -2.17. The van der Waals surface area contributed by atoms with E-state index in [4.69, 9.17) is 5.73 Å². The third-order valence-electron chi connectivity index (χ3n) is 2.03. The van der Waals surface area contributed by atoms with Crippen LogP contribution in [0.25, 0.3) is 0 Å². The molecule has 0 aliphatic rings. The molecular weight excluding hydrogens is 162 g/mol. The average molecular weight is 179 g/mol. The van der Waals surface area contributed by atoms with E-state index in [9.17, 15) is 0 Å². The summed E-state index contributed by atoms with van der Waals surface area (Å²) in [6.07, 6.45) is 0. The molecule has 0 bridgehead atoms. The molecule has 1 nitrogen and oxygen atoms in total. The van der Waals surface area contributed by atoms with Crippen LogP contribution in [0.15, 0.2) is 24.3 Å². The molecule has 0 spiro atoms. The van der Waals surface area contributed by atoms with Gasteiger partial charge in [-0.2, -0.15) is 0 Å². The molecule has 1 aromatic rings. The average Bonchev–Trinajstić information content (AvgIpc) is 2.03. The van der Waals surface area contributed by atoms with Crippen LogP contribution in [0.4, 0.5) is 0 Å². The van der Waals surface area contributed by atoms with Crippen molar-refractivity contribution in [3.05, 3.63) is 29.8 Å². The molecule has 0 aromatic heterocycles. The minimum atomic E-state index is -1.14. The zero-order valence-corrected chi connectivity index (χ0v) is 9.09. The van der Waals surface area contributed by atoms with Crippen LogP contribution in [0.1, 0.15) is 5.56 Å². The third kappa shape index (κ3) is 2.19. The Labute approximate surface area is 75.6 Å². The lowest BCUT2D eigenvalue weighted by Crippen LogP contribution is -2.37. The topological polar surface area (TPSA) is 26.0 Å². The van der Waals surface area contributed by atoms with Gasteiger partial charge in [0, 0.05) is 6.54 Å². The van der Waals surface area contributed by atoms with Crippen molar-refractivity contribution >= 4 is 13.3 Å². The van der Waals surface area contributed by atoms with Crippen molar-refractivity contribution in [1.82, 2.24) is 0 Å². The summed E-state index contributed by atoms with van der Waals surface area (Å²) in [5.74, 6) is 0. The Balaban J connectivity index is 3.02. The molecule has 0 fully saturated rings. The van der Waals surface area contributed by atoms with Gasteiger partial charge in [0.05, 0.1) is 8.07 Å². The smallest absolute Gasteiger partial charge is 0.0776 e. The monoisotopic (exact) mass is 179 g/mol. The number of nitrogens with two attached hydrogens (primary N) is 1. The minimum Gasteiger partial charge on any atom is -0.326 e. The largest absolute Gasteiger partial charge is 0.326 e. The minimum absolute atomic E-state index is 0.651. The van der Waals surface area contributed by atoms with Crippen LogP contribution in [0.2, 0.25) is 19.6 Å². The van der Waals surface area contributed by atoms with Crippen molar-refractivity contribution in [2.75, 3.05) is 0 Å². The van der Waals surface area contributed by atoms with Gasteiger partial charge in [-0.25, -0.2) is 0 Å². The molecule has 12 heavy (non-hydrogen) atoms. The Morgan fingerprint density at radius 2 is 1.92 bits per heavy atom. The van der Waals surface area contributed by atoms with E-state index < -0.39 is 8.07 Å². The molecule has 0 amide bonds. The second-order valence-corrected chi connectivity index (χ2v) is 9.23. The Morgan fingerprint density at radius 1 is 1.25 bits per heavy atom. The molecule has 0 unspecified atom stereocenters. The maximum absolute atomic E-state index is 5.58. The van der Waals surface area contributed by atoms with Crippen LogP contribution < -0.4 is 10.9 Å². The van der Waals surface area contributed by atoms with Gasteiger partial charge in [-0.1, -0.05) is 49.1 Å². The number of hydrogen-bond acceptors (Lipinski definition) is 1. The molecule has 0 aliphatic heterocycles. The summed E-state index contributed by atoms with van der Waals surface area (Å²) in [7, 11) is -1.14. The number of rotatable bonds is 2. The normalized spacial score (nSPS) is 11.7. The number of benzene rings is 1. The highest BCUT2D eigenvalue weighted by molar-refractivity contribution is 6.88. The van der Waals surface area contributed by atoms with Crippen molar-refractivity contribution < 1.29 is 0 Å². The summed E-state index contributed by atoms with van der Waals surface area (Å²) < 4.78 is 0. The first-order valence-electron chi connectivity index (χ1n) is 4.33. The molecule has 1 rings (SSSR count). The van der Waals surface area contributed by atoms with Gasteiger partial charge in [0.1, 0.15) is 0 Å². The third-order valence-corrected chi connectivity index (χ3v) is 4.07. The highest BCUT2D eigenvalue weighted by Gasteiger charge is 2.15. The Morgan fingerprint density at radius 3 is 2.42 bits per heavy atom. The Hall–Kier alpha value is -0.603. The lowest BCUT2D eigenvalue weighted by molar-refractivity contribution is 1.07. The van der Waals surface area contributed by atoms with Crippen LogP contribution in [0.5, 0.6) is 0 Å². The highest BCUT2D eigenvalue weighted by atomic mass is 28.3. The van der Waals surface area contributed by atoms with E-state index in [0.29, 0.717) is 6.54 Å². The summed E-state index contributed by atoms with van der Waals surface area (Å²) >= 11 is 0. The van der Waals surface area contributed by atoms with Gasteiger partial charge >= 0.3 is 0 Å².